The number of carbonyl (C=O) groups is 1. The lowest BCUT2D eigenvalue weighted by Crippen LogP contribution is -2.50. The molecule has 0 aliphatic carbocycles. The van der Waals surface area contributed by atoms with Crippen molar-refractivity contribution in [3.63, 3.8) is 0 Å². The van der Waals surface area contributed by atoms with Crippen molar-refractivity contribution in [2.45, 2.75) is 5.92 Å². The molecule has 23 heavy (non-hydrogen) atoms. The lowest BCUT2D eigenvalue weighted by molar-refractivity contribution is -0.134. The van der Waals surface area contributed by atoms with Crippen molar-refractivity contribution in [1.29, 1.82) is 0 Å². The van der Waals surface area contributed by atoms with Crippen LogP contribution in [0.25, 0.3) is 0 Å². The van der Waals surface area contributed by atoms with E-state index in [0.29, 0.717) is 26.2 Å². The molecule has 0 radical (unpaired) electrons. The third-order valence-corrected chi connectivity index (χ3v) is 5.38. The number of ether oxygens (including phenoxy) is 1. The number of hydrogen-bond acceptors (Lipinski definition) is 5. The van der Waals surface area contributed by atoms with Crippen molar-refractivity contribution in [3.05, 3.63) is 29.8 Å². The molecule has 2 aliphatic rings. The zero-order valence-corrected chi connectivity index (χ0v) is 14.1. The van der Waals surface area contributed by atoms with E-state index in [1.807, 2.05) is 29.2 Å². The van der Waals surface area contributed by atoms with Gasteiger partial charge in [0.15, 0.2) is 0 Å². The molecule has 7 heteroatoms. The second-order valence-electron chi connectivity index (χ2n) is 6.20. The summed E-state index contributed by atoms with van der Waals surface area (Å²) in [6.07, 6.45) is 1.25. The number of fused-ring (bicyclic) bond motifs is 1. The Labute approximate surface area is 136 Å². The summed E-state index contributed by atoms with van der Waals surface area (Å²) in [6.45, 7) is 3.66. The Balaban J connectivity index is 1.55. The minimum atomic E-state index is -2.94. The first-order valence-electron chi connectivity index (χ1n) is 7.84. The summed E-state index contributed by atoms with van der Waals surface area (Å²) in [5.74, 6) is 0.870. The first-order chi connectivity index (χ1) is 10.9. The molecule has 0 aromatic heterocycles. The molecular weight excluding hydrogens is 316 g/mol. The maximum atomic E-state index is 12.7. The average molecular weight is 338 g/mol. The number of sulfone groups is 1. The fraction of sp³-hybridized carbons (Fsp3) is 0.562. The molecule has 1 aromatic rings. The predicted molar refractivity (Wildman–Crippen MR) is 87.4 cm³/mol. The lowest BCUT2D eigenvalue weighted by atomic mass is 9.99. The van der Waals surface area contributed by atoms with Gasteiger partial charge < -0.3 is 9.64 Å². The number of amides is 1. The van der Waals surface area contributed by atoms with Gasteiger partial charge >= 0.3 is 0 Å². The number of benzene rings is 1. The molecule has 1 atom stereocenters. The van der Waals surface area contributed by atoms with Crippen LogP contribution in [0.4, 0.5) is 0 Å². The minimum absolute atomic E-state index is 0.109. The van der Waals surface area contributed by atoms with Crippen LogP contribution >= 0.6 is 0 Å². The fourth-order valence-electron chi connectivity index (χ4n) is 3.07. The predicted octanol–water partition coefficient (Wildman–Crippen LogP) is 0.351. The Morgan fingerprint density at radius 1 is 1.22 bits per heavy atom. The SMILES string of the molecule is CS(=O)(=O)CCN1CCN(C(=O)[C@H]2COc3ccccc32)CC1. The summed E-state index contributed by atoms with van der Waals surface area (Å²) < 4.78 is 28.1. The van der Waals surface area contributed by atoms with E-state index in [4.69, 9.17) is 4.74 Å². The molecule has 0 saturated carbocycles. The first kappa shape index (κ1) is 16.3. The van der Waals surface area contributed by atoms with E-state index in [1.165, 1.54) is 6.26 Å². The van der Waals surface area contributed by atoms with E-state index in [1.54, 1.807) is 0 Å². The molecule has 1 amide bonds. The van der Waals surface area contributed by atoms with E-state index in [-0.39, 0.29) is 17.6 Å². The molecule has 6 nitrogen and oxygen atoms in total. The van der Waals surface area contributed by atoms with Crippen LogP contribution in [0.1, 0.15) is 11.5 Å². The molecule has 0 N–H and O–H groups in total. The van der Waals surface area contributed by atoms with E-state index >= 15 is 0 Å². The molecule has 2 aliphatic heterocycles. The highest BCUT2D eigenvalue weighted by Crippen LogP contribution is 2.34. The van der Waals surface area contributed by atoms with Crippen LogP contribution in [0.5, 0.6) is 5.75 Å². The second kappa shape index (κ2) is 6.49. The van der Waals surface area contributed by atoms with Crippen LogP contribution in [0.15, 0.2) is 24.3 Å². The largest absolute Gasteiger partial charge is 0.492 e. The van der Waals surface area contributed by atoms with Crippen molar-refractivity contribution in [2.24, 2.45) is 0 Å². The third kappa shape index (κ3) is 3.84. The van der Waals surface area contributed by atoms with Gasteiger partial charge in [-0.25, -0.2) is 8.42 Å². The van der Waals surface area contributed by atoms with Gasteiger partial charge in [0.1, 0.15) is 28.1 Å². The van der Waals surface area contributed by atoms with Crippen LogP contribution in [-0.4, -0.2) is 75.5 Å². The molecule has 1 aromatic carbocycles. The van der Waals surface area contributed by atoms with Crippen molar-refractivity contribution >= 4 is 15.7 Å². The Bertz CT molecular complexity index is 681. The van der Waals surface area contributed by atoms with Crippen LogP contribution < -0.4 is 4.74 Å². The fourth-order valence-corrected chi connectivity index (χ4v) is 3.66. The molecule has 0 spiro atoms. The van der Waals surface area contributed by atoms with Crippen LogP contribution in [0, 0.1) is 0 Å². The third-order valence-electron chi connectivity index (χ3n) is 4.46. The Hall–Kier alpha value is -1.60. The Morgan fingerprint density at radius 3 is 2.61 bits per heavy atom. The number of rotatable bonds is 4. The van der Waals surface area contributed by atoms with Gasteiger partial charge in [0.05, 0.1) is 5.75 Å². The number of piperazine rings is 1. The normalized spacial score (nSPS) is 21.8. The minimum Gasteiger partial charge on any atom is -0.492 e. The summed E-state index contributed by atoms with van der Waals surface area (Å²) in [6, 6.07) is 7.68. The highest BCUT2D eigenvalue weighted by Gasteiger charge is 2.34. The van der Waals surface area contributed by atoms with Crippen LogP contribution in [-0.2, 0) is 14.6 Å². The number of hydrogen-bond donors (Lipinski definition) is 0. The number of para-hydroxylation sites is 1. The summed E-state index contributed by atoms with van der Waals surface area (Å²) in [5, 5.41) is 0. The van der Waals surface area contributed by atoms with Gasteiger partial charge in [0, 0.05) is 44.5 Å². The topological polar surface area (TPSA) is 66.9 Å². The van der Waals surface area contributed by atoms with Gasteiger partial charge in [0.2, 0.25) is 5.91 Å². The summed E-state index contributed by atoms with van der Waals surface area (Å²) in [5.41, 5.74) is 0.969. The molecule has 2 heterocycles. The molecule has 1 saturated heterocycles. The lowest BCUT2D eigenvalue weighted by Gasteiger charge is -2.35. The van der Waals surface area contributed by atoms with E-state index in [9.17, 15) is 13.2 Å². The van der Waals surface area contributed by atoms with Gasteiger partial charge in [-0.15, -0.1) is 0 Å². The van der Waals surface area contributed by atoms with Crippen molar-refractivity contribution in [1.82, 2.24) is 9.80 Å². The maximum Gasteiger partial charge on any atom is 0.233 e. The molecular formula is C16H22N2O4S. The second-order valence-corrected chi connectivity index (χ2v) is 8.46. The van der Waals surface area contributed by atoms with Gasteiger partial charge in [-0.1, -0.05) is 18.2 Å². The molecule has 3 rings (SSSR count). The molecule has 0 bridgehead atoms. The molecule has 1 fully saturated rings. The van der Waals surface area contributed by atoms with Gasteiger partial charge in [-0.05, 0) is 6.07 Å². The van der Waals surface area contributed by atoms with Gasteiger partial charge in [0.25, 0.3) is 0 Å². The summed E-state index contributed by atoms with van der Waals surface area (Å²) in [4.78, 5) is 16.7. The van der Waals surface area contributed by atoms with E-state index in [2.05, 4.69) is 4.90 Å². The smallest absolute Gasteiger partial charge is 0.233 e. The van der Waals surface area contributed by atoms with E-state index in [0.717, 1.165) is 24.4 Å². The summed E-state index contributed by atoms with van der Waals surface area (Å²) >= 11 is 0. The maximum absolute atomic E-state index is 12.7. The van der Waals surface area contributed by atoms with Crippen LogP contribution in [0.3, 0.4) is 0 Å². The van der Waals surface area contributed by atoms with Gasteiger partial charge in [-0.2, -0.15) is 0 Å². The Kier molecular flexibility index (Phi) is 4.59. The van der Waals surface area contributed by atoms with Crippen molar-refractivity contribution in [3.8, 4) is 5.75 Å². The highest BCUT2D eigenvalue weighted by atomic mass is 32.2. The Morgan fingerprint density at radius 2 is 1.91 bits per heavy atom. The van der Waals surface area contributed by atoms with Crippen molar-refractivity contribution in [2.75, 3.05) is 51.3 Å². The van der Waals surface area contributed by atoms with Gasteiger partial charge in [-0.3, -0.25) is 9.69 Å². The zero-order valence-electron chi connectivity index (χ0n) is 13.3. The highest BCUT2D eigenvalue weighted by molar-refractivity contribution is 7.90. The zero-order chi connectivity index (χ0) is 16.4. The molecule has 0 unspecified atom stereocenters. The van der Waals surface area contributed by atoms with Crippen molar-refractivity contribution < 1.29 is 17.9 Å². The summed E-state index contributed by atoms with van der Waals surface area (Å²) in [7, 11) is -2.94. The first-order valence-corrected chi connectivity index (χ1v) is 9.91. The quantitative estimate of drug-likeness (QED) is 0.793. The monoisotopic (exact) mass is 338 g/mol. The van der Waals surface area contributed by atoms with E-state index < -0.39 is 9.84 Å². The molecule has 126 valence electrons. The number of carbonyl (C=O) groups excluding carboxylic acids is 1. The average Bonchev–Trinajstić information content (AvgIpc) is 2.96. The van der Waals surface area contributed by atoms with Crippen LogP contribution in [0.2, 0.25) is 0 Å². The number of nitrogens with zero attached hydrogens (tertiary/aromatic N) is 2. The standard InChI is InChI=1S/C16H22N2O4S/c1-23(20,21)11-10-17-6-8-18(9-7-17)16(19)14-12-22-15-5-3-2-4-13(14)15/h2-5,14H,6-12H2,1H3/t14-/m0/s1.